The molecule has 1 saturated heterocycles. The van der Waals surface area contributed by atoms with Crippen molar-refractivity contribution < 1.29 is 24.2 Å². The van der Waals surface area contributed by atoms with Gasteiger partial charge in [0.25, 0.3) is 0 Å². The van der Waals surface area contributed by atoms with Crippen molar-refractivity contribution in [3.8, 4) is 11.5 Å². The Morgan fingerprint density at radius 3 is 2.53 bits per heavy atom. The second-order valence-electron chi connectivity index (χ2n) is 8.32. The van der Waals surface area contributed by atoms with Crippen LogP contribution in [0.5, 0.6) is 11.5 Å². The SMILES string of the molecule is COc1c(Cl)c(C)c(C=O)c(O)c1C/C=C(\C)CC/C=C(\C)C1CC(=O)C(C)(C)O1. The van der Waals surface area contributed by atoms with Gasteiger partial charge in [-0.3, -0.25) is 9.59 Å². The molecule has 1 fully saturated rings. The van der Waals surface area contributed by atoms with Gasteiger partial charge in [-0.25, -0.2) is 0 Å². The highest BCUT2D eigenvalue weighted by molar-refractivity contribution is 6.33. The zero-order valence-corrected chi connectivity index (χ0v) is 19.4. The number of ether oxygens (including phenoxy) is 2. The zero-order valence-electron chi connectivity index (χ0n) is 18.6. The van der Waals surface area contributed by atoms with Crippen LogP contribution in [0.1, 0.15) is 68.4 Å². The second kappa shape index (κ2) is 9.80. The van der Waals surface area contributed by atoms with E-state index in [2.05, 4.69) is 6.08 Å². The minimum absolute atomic E-state index is 0.0887. The van der Waals surface area contributed by atoms with Crippen molar-refractivity contribution in [2.45, 2.75) is 72.0 Å². The number of carbonyl (C=O) groups excluding carboxylic acids is 2. The Morgan fingerprint density at radius 1 is 1.33 bits per heavy atom. The van der Waals surface area contributed by atoms with Crippen molar-refractivity contribution in [3.05, 3.63) is 45.0 Å². The lowest BCUT2D eigenvalue weighted by molar-refractivity contribution is -0.129. The Bertz CT molecular complexity index is 896. The Hall–Kier alpha value is -2.11. The van der Waals surface area contributed by atoms with Crippen molar-refractivity contribution >= 4 is 23.7 Å². The molecule has 1 aliphatic heterocycles. The average Bonchev–Trinajstić information content (AvgIpc) is 2.96. The van der Waals surface area contributed by atoms with Crippen LogP contribution in [-0.4, -0.2) is 36.0 Å². The van der Waals surface area contributed by atoms with E-state index < -0.39 is 5.60 Å². The third kappa shape index (κ3) is 5.13. The number of benzene rings is 1. The van der Waals surface area contributed by atoms with Crippen molar-refractivity contribution in [2.75, 3.05) is 7.11 Å². The molecule has 0 bridgehead atoms. The lowest BCUT2D eigenvalue weighted by atomic mass is 9.98. The monoisotopic (exact) mass is 434 g/mol. The highest BCUT2D eigenvalue weighted by Gasteiger charge is 2.40. The van der Waals surface area contributed by atoms with E-state index in [-0.39, 0.29) is 23.2 Å². The number of rotatable bonds is 8. The second-order valence-corrected chi connectivity index (χ2v) is 8.69. The maximum Gasteiger partial charge on any atom is 0.167 e. The molecule has 1 unspecified atom stereocenters. The smallest absolute Gasteiger partial charge is 0.167 e. The molecule has 164 valence electrons. The topological polar surface area (TPSA) is 72.8 Å². The van der Waals surface area contributed by atoms with Gasteiger partial charge in [-0.2, -0.15) is 0 Å². The summed E-state index contributed by atoms with van der Waals surface area (Å²) in [7, 11) is 1.49. The molecule has 0 spiro atoms. The zero-order chi connectivity index (χ0) is 22.6. The Labute approximate surface area is 183 Å². The van der Waals surface area contributed by atoms with Crippen molar-refractivity contribution in [3.63, 3.8) is 0 Å². The van der Waals surface area contributed by atoms with Crippen LogP contribution < -0.4 is 4.74 Å². The summed E-state index contributed by atoms with van der Waals surface area (Å²) in [5.74, 6) is 0.438. The van der Waals surface area contributed by atoms with Gasteiger partial charge in [0.15, 0.2) is 12.1 Å². The Balaban J connectivity index is 2.07. The number of ketones is 1. The molecule has 0 saturated carbocycles. The van der Waals surface area contributed by atoms with E-state index in [0.717, 1.165) is 24.0 Å². The van der Waals surface area contributed by atoms with Crippen molar-refractivity contribution in [2.24, 2.45) is 0 Å². The van der Waals surface area contributed by atoms with Crippen LogP contribution in [0.25, 0.3) is 0 Å². The first-order valence-corrected chi connectivity index (χ1v) is 10.5. The van der Waals surface area contributed by atoms with E-state index in [4.69, 9.17) is 21.1 Å². The molecule has 5 nitrogen and oxygen atoms in total. The molecule has 1 aliphatic rings. The maximum absolute atomic E-state index is 12.0. The van der Waals surface area contributed by atoms with E-state index in [1.54, 1.807) is 6.92 Å². The first-order valence-electron chi connectivity index (χ1n) is 10.1. The van der Waals surface area contributed by atoms with Gasteiger partial charge in [-0.05, 0) is 65.0 Å². The highest BCUT2D eigenvalue weighted by Crippen LogP contribution is 2.41. The van der Waals surface area contributed by atoms with Gasteiger partial charge in [-0.15, -0.1) is 0 Å². The fourth-order valence-electron chi connectivity index (χ4n) is 3.58. The van der Waals surface area contributed by atoms with E-state index in [1.165, 1.54) is 7.11 Å². The first kappa shape index (κ1) is 24.2. The summed E-state index contributed by atoms with van der Waals surface area (Å²) in [6, 6.07) is 0. The summed E-state index contributed by atoms with van der Waals surface area (Å²) in [4.78, 5) is 23.3. The molecule has 0 amide bonds. The summed E-state index contributed by atoms with van der Waals surface area (Å²) in [5, 5.41) is 10.8. The molecule has 1 aromatic rings. The van der Waals surface area contributed by atoms with Crippen LogP contribution >= 0.6 is 11.6 Å². The quantitative estimate of drug-likeness (QED) is 0.430. The number of hydrogen-bond donors (Lipinski definition) is 1. The summed E-state index contributed by atoms with van der Waals surface area (Å²) >= 11 is 6.32. The van der Waals surface area contributed by atoms with Crippen molar-refractivity contribution in [1.29, 1.82) is 0 Å². The molecular formula is C24H31ClO5. The van der Waals surface area contributed by atoms with E-state index in [9.17, 15) is 14.7 Å². The third-order valence-corrected chi connectivity index (χ3v) is 6.17. The number of carbonyl (C=O) groups is 2. The molecule has 2 rings (SSSR count). The lowest BCUT2D eigenvalue weighted by Crippen LogP contribution is -2.27. The molecular weight excluding hydrogens is 404 g/mol. The predicted molar refractivity (Wildman–Crippen MR) is 119 cm³/mol. The van der Waals surface area contributed by atoms with Crippen molar-refractivity contribution in [1.82, 2.24) is 0 Å². The highest BCUT2D eigenvalue weighted by atomic mass is 35.5. The number of halogens is 1. The molecule has 0 radical (unpaired) electrons. The van der Waals surface area contributed by atoms with Crippen LogP contribution in [0.2, 0.25) is 5.02 Å². The number of allylic oxidation sites excluding steroid dienone is 3. The molecule has 0 aromatic heterocycles. The van der Waals surface area contributed by atoms with E-state index >= 15 is 0 Å². The van der Waals surface area contributed by atoms with Gasteiger partial charge in [0.2, 0.25) is 0 Å². The van der Waals surface area contributed by atoms with Crippen LogP contribution in [0, 0.1) is 6.92 Å². The molecule has 6 heteroatoms. The summed E-state index contributed by atoms with van der Waals surface area (Å²) in [6.07, 6.45) is 7.05. The van der Waals surface area contributed by atoms with Gasteiger partial charge >= 0.3 is 0 Å². The number of aromatic hydroxyl groups is 1. The number of aldehydes is 1. The van der Waals surface area contributed by atoms with Gasteiger partial charge in [0.05, 0.1) is 23.8 Å². The predicted octanol–water partition coefficient (Wildman–Crippen LogP) is 5.53. The standard InChI is InChI=1S/C24H31ClO5/c1-14(8-7-9-15(2)19-12-20(27)24(4,5)30-19)10-11-17-22(28)18(13-26)16(3)21(25)23(17)29-6/h9-10,13,19,28H,7-8,11-12H2,1-6H3/b14-10+,15-9+. The van der Waals surface area contributed by atoms with Crippen LogP contribution in [0.3, 0.4) is 0 Å². The number of Topliss-reactive ketones (excluding diaryl/α,β-unsaturated/α-hetero) is 1. The molecule has 1 aromatic carbocycles. The average molecular weight is 435 g/mol. The number of hydrogen-bond acceptors (Lipinski definition) is 5. The maximum atomic E-state index is 12.0. The summed E-state index contributed by atoms with van der Waals surface area (Å²) in [6.45, 7) is 9.31. The minimum atomic E-state index is -0.702. The summed E-state index contributed by atoms with van der Waals surface area (Å²) in [5.41, 5.74) is 2.69. The van der Waals surface area contributed by atoms with Gasteiger partial charge < -0.3 is 14.6 Å². The fraction of sp³-hybridized carbons (Fsp3) is 0.500. The molecule has 0 aliphatic carbocycles. The minimum Gasteiger partial charge on any atom is -0.507 e. The number of phenols is 1. The van der Waals surface area contributed by atoms with E-state index in [1.807, 2.05) is 33.8 Å². The van der Waals surface area contributed by atoms with Gasteiger partial charge in [0.1, 0.15) is 17.1 Å². The van der Waals surface area contributed by atoms with Crippen LogP contribution in [0.4, 0.5) is 0 Å². The third-order valence-electron chi connectivity index (χ3n) is 5.72. The molecule has 30 heavy (non-hydrogen) atoms. The van der Waals surface area contributed by atoms with Gasteiger partial charge in [0, 0.05) is 12.0 Å². The lowest BCUT2D eigenvalue weighted by Gasteiger charge is -2.18. The first-order chi connectivity index (χ1) is 14.0. The molecule has 1 atom stereocenters. The largest absolute Gasteiger partial charge is 0.507 e. The molecule has 1 heterocycles. The van der Waals surface area contributed by atoms with Gasteiger partial charge in [-0.1, -0.05) is 29.3 Å². The number of methoxy groups -OCH3 is 1. The van der Waals surface area contributed by atoms with E-state index in [0.29, 0.717) is 41.0 Å². The molecule has 1 N–H and O–H groups in total. The number of phenolic OH excluding ortho intramolecular Hbond substituents is 1. The Morgan fingerprint density at radius 2 is 2.00 bits per heavy atom. The summed E-state index contributed by atoms with van der Waals surface area (Å²) < 4.78 is 11.2. The normalized spacial score (nSPS) is 19.3. The Kier molecular flexibility index (Phi) is 7.89. The van der Waals surface area contributed by atoms with Crippen LogP contribution in [0.15, 0.2) is 23.3 Å². The fourth-order valence-corrected chi connectivity index (χ4v) is 3.88. The van der Waals surface area contributed by atoms with Crippen LogP contribution in [-0.2, 0) is 16.0 Å².